The lowest BCUT2D eigenvalue weighted by atomic mass is 10.2. The molecule has 5 heteroatoms. The Bertz CT molecular complexity index is 517. The Labute approximate surface area is 102 Å². The molecule has 0 bridgehead atoms. The lowest BCUT2D eigenvalue weighted by molar-refractivity contribution is 0.563. The highest BCUT2D eigenvalue weighted by Gasteiger charge is 2.02. The van der Waals surface area contributed by atoms with Crippen LogP contribution in [0.5, 0.6) is 0 Å². The van der Waals surface area contributed by atoms with Crippen LogP contribution in [0.1, 0.15) is 5.69 Å². The van der Waals surface area contributed by atoms with E-state index in [1.807, 2.05) is 30.3 Å². The lowest BCUT2D eigenvalue weighted by Gasteiger charge is -2.03. The summed E-state index contributed by atoms with van der Waals surface area (Å²) in [4.78, 5) is 8.47. The van der Waals surface area contributed by atoms with Gasteiger partial charge in [-0.15, -0.1) is 0 Å². The second-order valence-corrected chi connectivity index (χ2v) is 4.58. The van der Waals surface area contributed by atoms with Gasteiger partial charge in [-0.3, -0.25) is 9.97 Å². The molecule has 88 valence electrons. The van der Waals surface area contributed by atoms with Crippen molar-refractivity contribution < 1.29 is 8.76 Å². The Morgan fingerprint density at radius 2 is 2.12 bits per heavy atom. The van der Waals surface area contributed by atoms with Gasteiger partial charge < -0.3 is 4.55 Å². The molecule has 0 aromatic carbocycles. The van der Waals surface area contributed by atoms with Crippen LogP contribution in [0.25, 0.3) is 11.3 Å². The maximum absolute atomic E-state index is 10.6. The number of aromatic nitrogens is 2. The van der Waals surface area contributed by atoms with Gasteiger partial charge in [0.05, 0.1) is 11.4 Å². The van der Waals surface area contributed by atoms with Crippen LogP contribution in [-0.2, 0) is 17.5 Å². The van der Waals surface area contributed by atoms with Crippen molar-refractivity contribution in [3.8, 4) is 11.3 Å². The van der Waals surface area contributed by atoms with Crippen LogP contribution in [0, 0.1) is 0 Å². The van der Waals surface area contributed by atoms with E-state index >= 15 is 0 Å². The van der Waals surface area contributed by atoms with E-state index < -0.39 is 11.1 Å². The zero-order valence-corrected chi connectivity index (χ0v) is 9.93. The van der Waals surface area contributed by atoms with Gasteiger partial charge in [-0.2, -0.15) is 0 Å². The van der Waals surface area contributed by atoms with Crippen LogP contribution < -0.4 is 0 Å². The summed E-state index contributed by atoms with van der Waals surface area (Å²) in [5.74, 6) is 0.212. The van der Waals surface area contributed by atoms with Gasteiger partial charge in [-0.25, -0.2) is 4.21 Å². The molecule has 2 rings (SSSR count). The fraction of sp³-hybridized carbons (Fsp3) is 0.167. The predicted octanol–water partition coefficient (Wildman–Crippen LogP) is 1.91. The Morgan fingerprint density at radius 3 is 2.82 bits per heavy atom. The first-order chi connectivity index (χ1) is 8.25. The molecule has 2 aromatic rings. The van der Waals surface area contributed by atoms with Gasteiger partial charge in [0, 0.05) is 30.1 Å². The van der Waals surface area contributed by atoms with Crippen LogP contribution in [0.15, 0.2) is 42.7 Å². The van der Waals surface area contributed by atoms with Crippen molar-refractivity contribution >= 4 is 11.1 Å². The van der Waals surface area contributed by atoms with Gasteiger partial charge in [0.15, 0.2) is 11.1 Å². The third-order valence-corrected chi connectivity index (χ3v) is 2.85. The minimum absolute atomic E-state index is 0.212. The number of aryl methyl sites for hydroxylation is 1. The predicted molar refractivity (Wildman–Crippen MR) is 66.8 cm³/mol. The zero-order chi connectivity index (χ0) is 12.1. The van der Waals surface area contributed by atoms with Crippen molar-refractivity contribution in [1.29, 1.82) is 0 Å². The molecule has 0 fully saturated rings. The van der Waals surface area contributed by atoms with Crippen molar-refractivity contribution in [2.75, 3.05) is 5.75 Å². The Balaban J connectivity index is 2.20. The topological polar surface area (TPSA) is 63.1 Å². The van der Waals surface area contributed by atoms with Gasteiger partial charge in [-0.1, -0.05) is 6.07 Å². The van der Waals surface area contributed by atoms with Gasteiger partial charge in [0.2, 0.25) is 0 Å². The smallest absolute Gasteiger partial charge is 0.153 e. The van der Waals surface area contributed by atoms with Crippen molar-refractivity contribution in [3.05, 3.63) is 48.4 Å². The normalized spacial score (nSPS) is 12.3. The summed E-state index contributed by atoms with van der Waals surface area (Å²) < 4.78 is 19.3. The summed E-state index contributed by atoms with van der Waals surface area (Å²) in [6.07, 6.45) is 3.95. The standard InChI is InChI=1S/C12H12N2O2S/c15-17(16)8-6-11-4-1-5-12(14-11)10-3-2-7-13-9-10/h1-5,7,9H,6,8H2,(H,15,16). The van der Waals surface area contributed by atoms with Crippen molar-refractivity contribution in [2.24, 2.45) is 0 Å². The van der Waals surface area contributed by atoms with Gasteiger partial charge >= 0.3 is 0 Å². The first-order valence-corrected chi connectivity index (χ1v) is 6.47. The molecule has 2 heterocycles. The van der Waals surface area contributed by atoms with Gasteiger partial charge in [0.1, 0.15) is 0 Å². The van der Waals surface area contributed by atoms with E-state index in [1.165, 1.54) is 0 Å². The molecule has 0 aliphatic heterocycles. The van der Waals surface area contributed by atoms with E-state index in [-0.39, 0.29) is 5.75 Å². The van der Waals surface area contributed by atoms with Crippen LogP contribution in [0.4, 0.5) is 0 Å². The first kappa shape index (κ1) is 11.9. The van der Waals surface area contributed by atoms with Crippen LogP contribution in [0.3, 0.4) is 0 Å². The average molecular weight is 248 g/mol. The summed E-state index contributed by atoms with van der Waals surface area (Å²) in [6, 6.07) is 9.43. The maximum atomic E-state index is 10.6. The molecule has 0 saturated heterocycles. The Kier molecular flexibility index (Phi) is 3.95. The Hall–Kier alpha value is -1.59. The highest BCUT2D eigenvalue weighted by atomic mass is 32.2. The number of hydrogen-bond donors (Lipinski definition) is 1. The number of pyridine rings is 2. The quantitative estimate of drug-likeness (QED) is 0.839. The second kappa shape index (κ2) is 5.65. The molecule has 2 aromatic heterocycles. The molecule has 0 radical (unpaired) electrons. The molecule has 1 unspecified atom stereocenters. The van der Waals surface area contributed by atoms with Crippen LogP contribution in [-0.4, -0.2) is 24.5 Å². The van der Waals surface area contributed by atoms with Crippen LogP contribution in [0.2, 0.25) is 0 Å². The van der Waals surface area contributed by atoms with Gasteiger partial charge in [-0.05, 0) is 24.3 Å². The molecule has 0 spiro atoms. The molecule has 1 atom stereocenters. The molecule has 0 amide bonds. The van der Waals surface area contributed by atoms with Crippen LogP contribution >= 0.6 is 0 Å². The highest BCUT2D eigenvalue weighted by Crippen LogP contribution is 2.15. The molecule has 0 saturated carbocycles. The average Bonchev–Trinajstić information content (AvgIpc) is 2.38. The SMILES string of the molecule is O=S(O)CCc1cccc(-c2cccnc2)n1. The Morgan fingerprint density at radius 1 is 1.24 bits per heavy atom. The van der Waals surface area contributed by atoms with Gasteiger partial charge in [0.25, 0.3) is 0 Å². The van der Waals surface area contributed by atoms with E-state index in [0.717, 1.165) is 17.0 Å². The van der Waals surface area contributed by atoms with Crippen molar-refractivity contribution in [3.63, 3.8) is 0 Å². The number of rotatable bonds is 4. The summed E-state index contributed by atoms with van der Waals surface area (Å²) in [7, 11) is 0. The van der Waals surface area contributed by atoms with E-state index in [1.54, 1.807) is 12.4 Å². The summed E-state index contributed by atoms with van der Waals surface area (Å²) in [5.41, 5.74) is 2.59. The zero-order valence-electron chi connectivity index (χ0n) is 9.11. The third-order valence-electron chi connectivity index (χ3n) is 2.30. The molecule has 1 N–H and O–H groups in total. The van der Waals surface area contributed by atoms with E-state index in [0.29, 0.717) is 6.42 Å². The molecule has 4 nitrogen and oxygen atoms in total. The molecular formula is C12H12N2O2S. The van der Waals surface area contributed by atoms with E-state index in [4.69, 9.17) is 4.55 Å². The third kappa shape index (κ3) is 3.44. The van der Waals surface area contributed by atoms with Crippen molar-refractivity contribution in [2.45, 2.75) is 6.42 Å². The minimum atomic E-state index is -1.77. The number of nitrogens with zero attached hydrogens (tertiary/aromatic N) is 2. The fourth-order valence-corrected chi connectivity index (χ4v) is 1.87. The number of hydrogen-bond acceptors (Lipinski definition) is 3. The van der Waals surface area contributed by atoms with Crippen molar-refractivity contribution in [1.82, 2.24) is 9.97 Å². The van der Waals surface area contributed by atoms with E-state index in [9.17, 15) is 4.21 Å². The molecule has 0 aliphatic rings. The first-order valence-electron chi connectivity index (χ1n) is 5.19. The summed E-state index contributed by atoms with van der Waals surface area (Å²) in [5, 5.41) is 0. The molecule has 17 heavy (non-hydrogen) atoms. The minimum Gasteiger partial charge on any atom is -0.306 e. The fourth-order valence-electron chi connectivity index (χ4n) is 1.49. The monoisotopic (exact) mass is 248 g/mol. The maximum Gasteiger partial charge on any atom is 0.153 e. The lowest BCUT2D eigenvalue weighted by Crippen LogP contribution is -2.01. The largest absolute Gasteiger partial charge is 0.306 e. The summed E-state index contributed by atoms with van der Waals surface area (Å²) >= 11 is -1.77. The van der Waals surface area contributed by atoms with E-state index in [2.05, 4.69) is 9.97 Å². The highest BCUT2D eigenvalue weighted by molar-refractivity contribution is 7.79. The molecular weight excluding hydrogens is 236 g/mol. The summed E-state index contributed by atoms with van der Waals surface area (Å²) in [6.45, 7) is 0. The second-order valence-electron chi connectivity index (χ2n) is 3.53. The molecule has 0 aliphatic carbocycles.